The van der Waals surface area contributed by atoms with Crippen LogP contribution in [0.15, 0.2) is 0 Å². The second kappa shape index (κ2) is 47.8. The molecule has 0 saturated carbocycles. The van der Waals surface area contributed by atoms with E-state index in [1.165, 1.54) is 231 Å². The number of ether oxygens (including phenoxy) is 2. The Kier molecular flexibility index (Phi) is 45.8. The lowest BCUT2D eigenvalue weighted by atomic mass is 9.99. The molecule has 1 rings (SSSR count). The summed E-state index contributed by atoms with van der Waals surface area (Å²) in [5, 5.41) is 53.9. The molecular weight excluding hydrogens is 827 g/mol. The Morgan fingerprint density at radius 2 is 0.758 bits per heavy atom. The minimum Gasteiger partial charge on any atom is -0.394 e. The topological polar surface area (TPSA) is 149 Å². The van der Waals surface area contributed by atoms with Gasteiger partial charge in [-0.15, -0.1) is 0 Å². The summed E-state index contributed by atoms with van der Waals surface area (Å²) in [7, 11) is 0. The Balaban J connectivity index is 1.87. The van der Waals surface area contributed by atoms with E-state index in [-0.39, 0.29) is 12.5 Å². The molecule has 394 valence electrons. The number of hydrogen-bond acceptors (Lipinski definition) is 8. The summed E-state index contributed by atoms with van der Waals surface area (Å²) in [5.74, 6) is -0.147. The molecule has 0 spiro atoms. The van der Waals surface area contributed by atoms with E-state index in [9.17, 15) is 30.3 Å². The fourth-order valence-electron chi connectivity index (χ4n) is 9.81. The first-order valence-electron chi connectivity index (χ1n) is 29.2. The summed E-state index contributed by atoms with van der Waals surface area (Å²) in [5.41, 5.74) is 0. The second-order valence-electron chi connectivity index (χ2n) is 20.8. The smallest absolute Gasteiger partial charge is 0.220 e. The lowest BCUT2D eigenvalue weighted by Crippen LogP contribution is -2.60. The molecule has 1 fully saturated rings. The lowest BCUT2D eigenvalue weighted by molar-refractivity contribution is -0.302. The van der Waals surface area contributed by atoms with Crippen molar-refractivity contribution in [1.29, 1.82) is 0 Å². The van der Waals surface area contributed by atoms with Crippen LogP contribution in [0, 0.1) is 0 Å². The molecule has 0 aliphatic carbocycles. The molecule has 0 bridgehead atoms. The van der Waals surface area contributed by atoms with Gasteiger partial charge in [-0.25, -0.2) is 0 Å². The normalized spacial score (nSPS) is 19.7. The van der Waals surface area contributed by atoms with Gasteiger partial charge < -0.3 is 40.3 Å². The Bertz CT molecular complexity index is 1000. The van der Waals surface area contributed by atoms with Crippen LogP contribution in [0.5, 0.6) is 0 Å². The van der Waals surface area contributed by atoms with Crippen molar-refractivity contribution in [2.24, 2.45) is 0 Å². The van der Waals surface area contributed by atoms with Crippen molar-refractivity contribution in [3.05, 3.63) is 0 Å². The first kappa shape index (κ1) is 63.2. The van der Waals surface area contributed by atoms with E-state index in [4.69, 9.17) is 9.47 Å². The van der Waals surface area contributed by atoms with E-state index >= 15 is 0 Å². The van der Waals surface area contributed by atoms with E-state index in [1.54, 1.807) is 0 Å². The third kappa shape index (κ3) is 37.1. The summed E-state index contributed by atoms with van der Waals surface area (Å²) < 4.78 is 11.2. The zero-order valence-electron chi connectivity index (χ0n) is 43.7. The van der Waals surface area contributed by atoms with Gasteiger partial charge in [-0.2, -0.15) is 0 Å². The highest BCUT2D eigenvalue weighted by Gasteiger charge is 2.44. The van der Waals surface area contributed by atoms with Crippen LogP contribution >= 0.6 is 0 Å². The zero-order valence-corrected chi connectivity index (χ0v) is 43.7. The molecule has 1 heterocycles. The number of unbranched alkanes of at least 4 members (excludes halogenated alkanes) is 41. The van der Waals surface area contributed by atoms with Gasteiger partial charge in [0.15, 0.2) is 6.29 Å². The van der Waals surface area contributed by atoms with Gasteiger partial charge in [0, 0.05) is 6.42 Å². The van der Waals surface area contributed by atoms with Crippen LogP contribution in [0.2, 0.25) is 0 Å². The largest absolute Gasteiger partial charge is 0.394 e. The third-order valence-electron chi connectivity index (χ3n) is 14.5. The van der Waals surface area contributed by atoms with Crippen LogP contribution in [-0.4, -0.2) is 87.5 Å². The lowest BCUT2D eigenvalue weighted by Gasteiger charge is -2.40. The molecule has 1 aliphatic rings. The van der Waals surface area contributed by atoms with Crippen LogP contribution in [0.4, 0.5) is 0 Å². The van der Waals surface area contributed by atoms with Crippen LogP contribution in [-0.2, 0) is 14.3 Å². The fourth-order valence-corrected chi connectivity index (χ4v) is 9.81. The zero-order chi connectivity index (χ0) is 48.0. The highest BCUT2D eigenvalue weighted by molar-refractivity contribution is 5.76. The van der Waals surface area contributed by atoms with Crippen molar-refractivity contribution >= 4 is 5.91 Å². The summed E-state index contributed by atoms with van der Waals surface area (Å²) >= 11 is 0. The molecule has 7 unspecified atom stereocenters. The number of aliphatic hydroxyl groups excluding tert-OH is 5. The number of hydrogen-bond donors (Lipinski definition) is 6. The highest BCUT2D eigenvalue weighted by Crippen LogP contribution is 2.23. The molecule has 66 heavy (non-hydrogen) atoms. The molecule has 1 amide bonds. The van der Waals surface area contributed by atoms with E-state index < -0.39 is 49.5 Å². The Morgan fingerprint density at radius 3 is 1.08 bits per heavy atom. The molecule has 9 heteroatoms. The fraction of sp³-hybridized carbons (Fsp3) is 0.982. The standard InChI is InChI=1S/C57H113NO8/c1-3-5-7-9-10-11-12-13-14-15-16-17-18-19-20-21-22-23-24-25-26-27-28-29-30-31-32-33-34-35-36-37-38-39-40-41-42-43-45-47-53(61)58-50(51(60)46-44-8-6-4-2)49-65-57-56(64)55(63)54(62)52(48-59)66-57/h50-52,54-57,59-60,62-64H,3-49H2,1-2H3,(H,58,61). The van der Waals surface area contributed by atoms with E-state index in [0.717, 1.165) is 44.9 Å². The number of carbonyl (C=O) groups excluding carboxylic acids is 1. The minimum absolute atomic E-state index is 0.136. The molecule has 1 saturated heterocycles. The monoisotopic (exact) mass is 940 g/mol. The average molecular weight is 941 g/mol. The molecule has 1 aliphatic heterocycles. The van der Waals surface area contributed by atoms with Crippen LogP contribution in [0.1, 0.15) is 303 Å². The van der Waals surface area contributed by atoms with Gasteiger partial charge in [0.05, 0.1) is 25.4 Å². The Labute approximate surface area is 408 Å². The molecule has 7 atom stereocenters. The SMILES string of the molecule is CCCCCCCCCCCCCCCCCCCCCCCCCCCCCCCCCCCCCCCCCC(=O)NC(COC1OC(CO)C(O)C(O)C1O)C(O)CCCCCC. The van der Waals surface area contributed by atoms with Gasteiger partial charge >= 0.3 is 0 Å². The number of aliphatic hydroxyl groups is 5. The predicted molar refractivity (Wildman–Crippen MR) is 277 cm³/mol. The summed E-state index contributed by atoms with van der Waals surface area (Å²) in [6.07, 6.45) is 51.2. The van der Waals surface area contributed by atoms with Gasteiger partial charge in [0.25, 0.3) is 0 Å². The maximum atomic E-state index is 12.9. The summed E-state index contributed by atoms with van der Waals surface area (Å²) in [6, 6.07) is -0.709. The number of nitrogens with one attached hydrogen (secondary N) is 1. The average Bonchev–Trinajstić information content (AvgIpc) is 3.32. The first-order valence-corrected chi connectivity index (χ1v) is 29.2. The van der Waals surface area contributed by atoms with Crippen molar-refractivity contribution in [3.8, 4) is 0 Å². The van der Waals surface area contributed by atoms with Crippen molar-refractivity contribution in [3.63, 3.8) is 0 Å². The minimum atomic E-state index is -1.55. The Morgan fingerprint density at radius 1 is 0.455 bits per heavy atom. The maximum absolute atomic E-state index is 12.9. The van der Waals surface area contributed by atoms with Crippen molar-refractivity contribution in [1.82, 2.24) is 5.32 Å². The van der Waals surface area contributed by atoms with Gasteiger partial charge in [0.2, 0.25) is 5.91 Å². The van der Waals surface area contributed by atoms with Crippen LogP contribution in [0.25, 0.3) is 0 Å². The molecule has 0 aromatic carbocycles. The summed E-state index contributed by atoms with van der Waals surface area (Å²) in [6.45, 7) is 3.74. The highest BCUT2D eigenvalue weighted by atomic mass is 16.7. The van der Waals surface area contributed by atoms with Crippen LogP contribution < -0.4 is 5.32 Å². The molecular formula is C57H113NO8. The van der Waals surface area contributed by atoms with Gasteiger partial charge in [-0.3, -0.25) is 4.79 Å². The molecule has 0 aromatic rings. The van der Waals surface area contributed by atoms with Crippen molar-refractivity contribution in [2.75, 3.05) is 13.2 Å². The number of rotatable bonds is 51. The van der Waals surface area contributed by atoms with Gasteiger partial charge in [-0.05, 0) is 12.8 Å². The third-order valence-corrected chi connectivity index (χ3v) is 14.5. The molecule has 0 radical (unpaired) electrons. The first-order chi connectivity index (χ1) is 32.3. The van der Waals surface area contributed by atoms with Gasteiger partial charge in [0.1, 0.15) is 24.4 Å². The molecule has 0 aromatic heterocycles. The molecule has 6 N–H and O–H groups in total. The van der Waals surface area contributed by atoms with Crippen molar-refractivity contribution < 1.29 is 39.8 Å². The maximum Gasteiger partial charge on any atom is 0.220 e. The second-order valence-corrected chi connectivity index (χ2v) is 20.8. The van der Waals surface area contributed by atoms with E-state index in [2.05, 4.69) is 19.2 Å². The summed E-state index contributed by atoms with van der Waals surface area (Å²) in [4.78, 5) is 12.9. The number of amides is 1. The van der Waals surface area contributed by atoms with E-state index in [0.29, 0.717) is 12.8 Å². The van der Waals surface area contributed by atoms with Crippen LogP contribution in [0.3, 0.4) is 0 Å². The van der Waals surface area contributed by atoms with Gasteiger partial charge in [-0.1, -0.05) is 284 Å². The van der Waals surface area contributed by atoms with E-state index in [1.807, 2.05) is 0 Å². The predicted octanol–water partition coefficient (Wildman–Crippen LogP) is 14.2. The quantitative estimate of drug-likeness (QED) is 0.0330. The van der Waals surface area contributed by atoms with Crippen molar-refractivity contribution in [2.45, 2.75) is 346 Å². The molecule has 9 nitrogen and oxygen atoms in total. The Hall–Kier alpha value is -0.810. The number of carbonyl (C=O) groups is 1.